The zero-order chi connectivity index (χ0) is 11.5. The van der Waals surface area contributed by atoms with E-state index in [0.717, 1.165) is 13.8 Å². The Kier molecular flexibility index (Phi) is 3.75. The molecule has 0 aliphatic rings. The van der Waals surface area contributed by atoms with Crippen molar-refractivity contribution >= 4 is 22.2 Å². The molecule has 0 radical (unpaired) electrons. The number of esters is 1. The molecule has 0 aliphatic carbocycles. The van der Waals surface area contributed by atoms with Crippen molar-refractivity contribution < 1.29 is 31.7 Å². The first kappa shape index (κ1) is 12.6. The summed E-state index contributed by atoms with van der Waals surface area (Å²) in [5, 5.41) is 8.32. The molecule has 0 fully saturated rings. The predicted octanol–water partition coefficient (Wildman–Crippen LogP) is 0.165. The Hall–Kier alpha value is -1.44. The van der Waals surface area contributed by atoms with Crippen LogP contribution in [0.1, 0.15) is 13.8 Å². The van der Waals surface area contributed by atoms with Crippen molar-refractivity contribution in [3.05, 3.63) is 10.7 Å². The maximum absolute atomic E-state index is 12.3. The van der Waals surface area contributed by atoms with E-state index in [2.05, 4.69) is 4.74 Å². The van der Waals surface area contributed by atoms with Crippen molar-refractivity contribution in [3.63, 3.8) is 0 Å². The molecule has 0 aliphatic heterocycles. The fraction of sp³-hybridized carbons (Fsp3) is 0.333. The lowest BCUT2D eigenvalue weighted by Gasteiger charge is -2.03. The fourth-order valence-corrected chi connectivity index (χ4v) is 1.28. The predicted molar refractivity (Wildman–Crippen MR) is 42.1 cm³/mol. The molecule has 0 heterocycles. The van der Waals surface area contributed by atoms with Gasteiger partial charge < -0.3 is 9.84 Å². The first-order chi connectivity index (χ1) is 6.16. The Morgan fingerprint density at radius 2 is 1.71 bits per heavy atom. The number of carboxylic acids is 1. The summed E-state index contributed by atoms with van der Waals surface area (Å²) in [6, 6.07) is 0. The number of ether oxygens (including phenoxy) is 1. The second-order valence-electron chi connectivity index (χ2n) is 2.22. The molecule has 0 atom stereocenters. The van der Waals surface area contributed by atoms with Gasteiger partial charge in [0.2, 0.25) is 4.91 Å². The van der Waals surface area contributed by atoms with Crippen LogP contribution in [0, 0.1) is 0 Å². The van der Waals surface area contributed by atoms with Crippen molar-refractivity contribution in [2.24, 2.45) is 0 Å². The van der Waals surface area contributed by atoms with Crippen molar-refractivity contribution in [3.8, 4) is 0 Å². The largest absolute Gasteiger partial charge is 0.477 e. The SMILES string of the molecule is CC(=O)O/C(C)=C(\C(=O)O)S(=O)(=O)F. The molecule has 0 spiro atoms. The summed E-state index contributed by atoms with van der Waals surface area (Å²) in [6.07, 6.45) is 0. The number of hydrogen-bond donors (Lipinski definition) is 1. The lowest BCUT2D eigenvalue weighted by molar-refractivity contribution is -0.137. The third-order valence-corrected chi connectivity index (χ3v) is 2.00. The highest BCUT2D eigenvalue weighted by molar-refractivity contribution is 7.91. The molecule has 0 saturated carbocycles. The molecule has 0 unspecified atom stereocenters. The Labute approximate surface area is 79.2 Å². The third-order valence-electron chi connectivity index (χ3n) is 1.05. The smallest absolute Gasteiger partial charge is 0.353 e. The minimum atomic E-state index is -5.41. The van der Waals surface area contributed by atoms with Gasteiger partial charge in [0, 0.05) is 6.92 Å². The molecule has 0 aromatic rings. The monoisotopic (exact) mass is 226 g/mol. The number of carboxylic acid groups (broad SMARTS) is 1. The molecule has 0 aromatic carbocycles. The van der Waals surface area contributed by atoms with Crippen LogP contribution in [0.15, 0.2) is 10.7 Å². The van der Waals surface area contributed by atoms with Crippen LogP contribution in [-0.4, -0.2) is 25.5 Å². The van der Waals surface area contributed by atoms with Gasteiger partial charge in [-0.2, -0.15) is 8.42 Å². The van der Waals surface area contributed by atoms with Gasteiger partial charge in [0.15, 0.2) is 0 Å². The number of carbonyl (C=O) groups excluding carboxylic acids is 1. The average molecular weight is 226 g/mol. The highest BCUT2D eigenvalue weighted by Gasteiger charge is 2.28. The van der Waals surface area contributed by atoms with Crippen LogP contribution in [0.25, 0.3) is 0 Å². The van der Waals surface area contributed by atoms with Gasteiger partial charge in [-0.3, -0.25) is 4.79 Å². The van der Waals surface area contributed by atoms with Gasteiger partial charge in [-0.05, 0) is 6.92 Å². The average Bonchev–Trinajstić information content (AvgIpc) is 1.78. The van der Waals surface area contributed by atoms with E-state index in [4.69, 9.17) is 5.11 Å². The van der Waals surface area contributed by atoms with Crippen LogP contribution < -0.4 is 0 Å². The zero-order valence-corrected chi connectivity index (χ0v) is 8.09. The van der Waals surface area contributed by atoms with E-state index in [-0.39, 0.29) is 0 Å². The number of allylic oxidation sites excluding steroid dienone is 1. The van der Waals surface area contributed by atoms with Crippen LogP contribution >= 0.6 is 0 Å². The van der Waals surface area contributed by atoms with E-state index in [1.165, 1.54) is 0 Å². The molecule has 0 bridgehead atoms. The van der Waals surface area contributed by atoms with Gasteiger partial charge in [0.25, 0.3) is 0 Å². The summed E-state index contributed by atoms with van der Waals surface area (Å²) in [5.41, 5.74) is 0. The topological polar surface area (TPSA) is 97.7 Å². The molecule has 8 heteroatoms. The van der Waals surface area contributed by atoms with Crippen LogP contribution in [0.3, 0.4) is 0 Å². The van der Waals surface area contributed by atoms with E-state index < -0.39 is 32.8 Å². The minimum absolute atomic E-state index is 0.812. The van der Waals surface area contributed by atoms with Crippen molar-refractivity contribution in [1.82, 2.24) is 0 Å². The van der Waals surface area contributed by atoms with Gasteiger partial charge in [-0.1, -0.05) is 3.89 Å². The lowest BCUT2D eigenvalue weighted by Crippen LogP contribution is -2.13. The molecule has 0 saturated heterocycles. The Bertz CT molecular complexity index is 393. The van der Waals surface area contributed by atoms with E-state index in [9.17, 15) is 21.9 Å². The summed E-state index contributed by atoms with van der Waals surface area (Å²) in [6.45, 7) is 1.79. The first-order valence-corrected chi connectivity index (χ1v) is 4.62. The standard InChI is InChI=1S/C6H7FO6S/c1-3(13-4(2)8)5(6(9)10)14(7,11)12/h1-2H3,(H,9,10)/b5-3+. The normalized spacial score (nSPS) is 13.1. The molecule has 1 N–H and O–H groups in total. The molecular weight excluding hydrogens is 219 g/mol. The molecule has 14 heavy (non-hydrogen) atoms. The third kappa shape index (κ3) is 3.52. The Morgan fingerprint density at radius 3 is 1.93 bits per heavy atom. The fourth-order valence-electron chi connectivity index (χ4n) is 0.688. The molecule has 0 aromatic heterocycles. The number of carbonyl (C=O) groups is 2. The highest BCUT2D eigenvalue weighted by Crippen LogP contribution is 2.15. The molecular formula is C6H7FO6S. The number of hydrogen-bond acceptors (Lipinski definition) is 5. The minimum Gasteiger partial charge on any atom is -0.477 e. The maximum atomic E-state index is 12.3. The first-order valence-electron chi connectivity index (χ1n) is 3.23. The second-order valence-corrected chi connectivity index (χ2v) is 3.51. The van der Waals surface area contributed by atoms with E-state index >= 15 is 0 Å². The van der Waals surface area contributed by atoms with Crippen molar-refractivity contribution in [2.45, 2.75) is 13.8 Å². The van der Waals surface area contributed by atoms with Crippen LogP contribution in [0.2, 0.25) is 0 Å². The van der Waals surface area contributed by atoms with Crippen molar-refractivity contribution in [1.29, 1.82) is 0 Å². The summed E-state index contributed by atoms with van der Waals surface area (Å²) < 4.78 is 37.1. The van der Waals surface area contributed by atoms with Crippen molar-refractivity contribution in [2.75, 3.05) is 0 Å². The van der Waals surface area contributed by atoms with E-state index in [1.807, 2.05) is 0 Å². The number of rotatable bonds is 3. The second kappa shape index (κ2) is 4.18. The molecule has 6 nitrogen and oxygen atoms in total. The summed E-state index contributed by atoms with van der Waals surface area (Å²) in [5.74, 6) is -3.77. The zero-order valence-electron chi connectivity index (χ0n) is 7.27. The summed E-state index contributed by atoms with van der Waals surface area (Å²) >= 11 is 0. The van der Waals surface area contributed by atoms with E-state index in [1.54, 1.807) is 0 Å². The molecule has 0 rings (SSSR count). The number of aliphatic carboxylic acids is 1. The van der Waals surface area contributed by atoms with Gasteiger partial charge in [0.05, 0.1) is 0 Å². The Balaban J connectivity index is 5.40. The van der Waals surface area contributed by atoms with Crippen LogP contribution in [0.4, 0.5) is 3.89 Å². The van der Waals surface area contributed by atoms with Gasteiger partial charge in [-0.25, -0.2) is 4.79 Å². The Morgan fingerprint density at radius 1 is 1.29 bits per heavy atom. The lowest BCUT2D eigenvalue weighted by atomic mass is 10.5. The maximum Gasteiger partial charge on any atom is 0.353 e. The van der Waals surface area contributed by atoms with E-state index in [0.29, 0.717) is 0 Å². The quantitative estimate of drug-likeness (QED) is 0.318. The van der Waals surface area contributed by atoms with Gasteiger partial charge >= 0.3 is 22.2 Å². The van der Waals surface area contributed by atoms with Crippen LogP contribution in [0.5, 0.6) is 0 Å². The molecule has 0 amide bonds. The summed E-state index contributed by atoms with van der Waals surface area (Å²) in [7, 11) is -5.41. The summed E-state index contributed by atoms with van der Waals surface area (Å²) in [4.78, 5) is 19.1. The van der Waals surface area contributed by atoms with Gasteiger partial charge in [0.1, 0.15) is 5.76 Å². The van der Waals surface area contributed by atoms with Gasteiger partial charge in [-0.15, -0.1) is 0 Å². The highest BCUT2D eigenvalue weighted by atomic mass is 32.3. The van der Waals surface area contributed by atoms with Crippen LogP contribution in [-0.2, 0) is 24.5 Å². The number of halogens is 1. The molecule has 80 valence electrons.